The van der Waals surface area contributed by atoms with Gasteiger partial charge in [0, 0.05) is 35.2 Å². The van der Waals surface area contributed by atoms with Crippen molar-refractivity contribution in [2.45, 2.75) is 31.6 Å². The minimum absolute atomic E-state index is 0.00613. The molecule has 1 N–H and O–H groups in total. The molecule has 2 aromatic carbocycles. The average Bonchev–Trinajstić information content (AvgIpc) is 2.70. The summed E-state index contributed by atoms with van der Waals surface area (Å²) >= 11 is 7.70. The van der Waals surface area contributed by atoms with Crippen LogP contribution >= 0.6 is 23.4 Å². The monoisotopic (exact) mass is 402 g/mol. The van der Waals surface area contributed by atoms with Crippen LogP contribution in [0.3, 0.4) is 0 Å². The highest BCUT2D eigenvalue weighted by atomic mass is 35.5. The lowest BCUT2D eigenvalue weighted by atomic mass is 10.1. The zero-order chi connectivity index (χ0) is 18.9. The van der Waals surface area contributed by atoms with Gasteiger partial charge in [0.1, 0.15) is 0 Å². The number of piperidine rings is 1. The van der Waals surface area contributed by atoms with Gasteiger partial charge in [-0.1, -0.05) is 42.3 Å². The molecular formula is C22H27ClN2OS. The molecule has 0 atom stereocenters. The van der Waals surface area contributed by atoms with Gasteiger partial charge in [-0.3, -0.25) is 9.69 Å². The second-order valence-electron chi connectivity index (χ2n) is 6.97. The van der Waals surface area contributed by atoms with Crippen LogP contribution in [0.1, 0.15) is 40.7 Å². The summed E-state index contributed by atoms with van der Waals surface area (Å²) in [4.78, 5) is 14.8. The summed E-state index contributed by atoms with van der Waals surface area (Å²) in [6, 6.07) is 15.9. The van der Waals surface area contributed by atoms with E-state index in [1.54, 1.807) is 0 Å². The first kappa shape index (κ1) is 20.2. The number of carbonyl (C=O) groups is 1. The topological polar surface area (TPSA) is 32.3 Å². The summed E-state index contributed by atoms with van der Waals surface area (Å²) in [6.07, 6.45) is 3.96. The minimum Gasteiger partial charge on any atom is -0.351 e. The molecule has 1 fully saturated rings. The molecule has 1 heterocycles. The lowest BCUT2D eigenvalue weighted by Crippen LogP contribution is -2.29. The fourth-order valence-corrected chi connectivity index (χ4v) is 4.19. The Morgan fingerprint density at radius 2 is 1.63 bits per heavy atom. The van der Waals surface area contributed by atoms with E-state index in [1.807, 2.05) is 48.2 Å². The van der Waals surface area contributed by atoms with Crippen molar-refractivity contribution >= 4 is 29.3 Å². The molecule has 3 rings (SSSR count). The molecule has 0 saturated carbocycles. The van der Waals surface area contributed by atoms with Crippen LogP contribution in [-0.4, -0.2) is 36.2 Å². The molecule has 1 aliphatic heterocycles. The van der Waals surface area contributed by atoms with Crippen LogP contribution in [0.15, 0.2) is 48.5 Å². The van der Waals surface area contributed by atoms with Crippen molar-refractivity contribution in [2.24, 2.45) is 0 Å². The summed E-state index contributed by atoms with van der Waals surface area (Å²) in [5.41, 5.74) is 3.27. The van der Waals surface area contributed by atoms with Gasteiger partial charge in [-0.25, -0.2) is 0 Å². The van der Waals surface area contributed by atoms with Crippen LogP contribution in [0, 0.1) is 0 Å². The van der Waals surface area contributed by atoms with Gasteiger partial charge in [-0.05, 0) is 61.3 Å². The third-order valence-corrected chi connectivity index (χ3v) is 6.07. The van der Waals surface area contributed by atoms with Gasteiger partial charge in [-0.2, -0.15) is 11.8 Å². The van der Waals surface area contributed by atoms with Gasteiger partial charge in [0.05, 0.1) is 0 Å². The number of nitrogens with one attached hydrogen (secondary N) is 1. The zero-order valence-electron chi connectivity index (χ0n) is 15.6. The first-order chi connectivity index (χ1) is 13.2. The molecule has 5 heteroatoms. The Morgan fingerprint density at radius 1 is 0.963 bits per heavy atom. The molecule has 0 bridgehead atoms. The van der Waals surface area contributed by atoms with Crippen molar-refractivity contribution in [1.29, 1.82) is 0 Å². The van der Waals surface area contributed by atoms with Crippen LogP contribution in [0.2, 0.25) is 5.02 Å². The normalized spacial score (nSPS) is 14.9. The molecule has 1 aliphatic rings. The predicted octanol–water partition coefficient (Wildman–Crippen LogP) is 4.99. The van der Waals surface area contributed by atoms with E-state index in [2.05, 4.69) is 22.3 Å². The quantitative estimate of drug-likeness (QED) is 0.631. The number of thioether (sulfide) groups is 1. The van der Waals surface area contributed by atoms with Crippen LogP contribution < -0.4 is 5.32 Å². The molecular weight excluding hydrogens is 376 g/mol. The first-order valence-electron chi connectivity index (χ1n) is 9.62. The molecule has 144 valence electrons. The summed E-state index contributed by atoms with van der Waals surface area (Å²) in [6.45, 7) is 4.04. The Labute approximate surface area is 171 Å². The third kappa shape index (κ3) is 6.87. The molecule has 1 amide bonds. The second kappa shape index (κ2) is 10.7. The molecule has 3 nitrogen and oxygen atoms in total. The fraction of sp³-hybridized carbons (Fsp3) is 0.409. The summed E-state index contributed by atoms with van der Waals surface area (Å²) in [5, 5.41) is 3.77. The number of carbonyl (C=O) groups excluding carboxylic acids is 1. The minimum atomic E-state index is 0.00613. The van der Waals surface area contributed by atoms with Gasteiger partial charge < -0.3 is 5.32 Å². The number of hydrogen-bond acceptors (Lipinski definition) is 3. The molecule has 0 unspecified atom stereocenters. The van der Waals surface area contributed by atoms with Crippen LogP contribution in [-0.2, 0) is 12.3 Å². The summed E-state index contributed by atoms with van der Waals surface area (Å²) < 4.78 is 0. The molecule has 0 aliphatic carbocycles. The van der Waals surface area contributed by atoms with Crippen LogP contribution in [0.5, 0.6) is 0 Å². The highest BCUT2D eigenvalue weighted by Crippen LogP contribution is 2.16. The maximum atomic E-state index is 12.3. The Hall–Kier alpha value is -1.49. The van der Waals surface area contributed by atoms with Gasteiger partial charge in [0.15, 0.2) is 0 Å². The van der Waals surface area contributed by atoms with Crippen LogP contribution in [0.25, 0.3) is 0 Å². The highest BCUT2D eigenvalue weighted by Gasteiger charge is 2.11. The maximum Gasteiger partial charge on any atom is 0.251 e. The lowest BCUT2D eigenvalue weighted by Gasteiger charge is -2.26. The molecule has 0 radical (unpaired) electrons. The van der Waals surface area contributed by atoms with Crippen molar-refractivity contribution < 1.29 is 4.79 Å². The third-order valence-electron chi connectivity index (χ3n) is 4.78. The van der Waals surface area contributed by atoms with Crippen molar-refractivity contribution in [3.8, 4) is 0 Å². The number of rotatable bonds is 8. The first-order valence-corrected chi connectivity index (χ1v) is 11.2. The van der Waals surface area contributed by atoms with E-state index in [9.17, 15) is 4.79 Å². The maximum absolute atomic E-state index is 12.3. The number of likely N-dealkylation sites (tertiary alicyclic amines) is 1. The number of amides is 1. The molecule has 2 aromatic rings. The van der Waals surface area contributed by atoms with Gasteiger partial charge >= 0.3 is 0 Å². The van der Waals surface area contributed by atoms with E-state index >= 15 is 0 Å². The number of nitrogens with zero attached hydrogens (tertiary/aromatic N) is 1. The zero-order valence-corrected chi connectivity index (χ0v) is 17.2. The number of halogens is 1. The molecule has 1 saturated heterocycles. The van der Waals surface area contributed by atoms with Gasteiger partial charge in [0.2, 0.25) is 0 Å². The van der Waals surface area contributed by atoms with E-state index in [0.717, 1.165) is 28.6 Å². The van der Waals surface area contributed by atoms with E-state index in [4.69, 9.17) is 11.6 Å². The highest BCUT2D eigenvalue weighted by molar-refractivity contribution is 7.98. The summed E-state index contributed by atoms with van der Waals surface area (Å²) in [5.74, 6) is 1.83. The standard InChI is InChI=1S/C22H27ClN2OS/c23-21-10-6-19(7-11-21)17-27-15-12-24-22(26)20-8-4-18(5-9-20)16-25-13-2-1-3-14-25/h4-11H,1-3,12-17H2,(H,24,26). The van der Waals surface area contributed by atoms with Crippen molar-refractivity contribution in [1.82, 2.24) is 10.2 Å². The second-order valence-corrected chi connectivity index (χ2v) is 8.51. The SMILES string of the molecule is O=C(NCCSCc1ccc(Cl)cc1)c1ccc(CN2CCCCC2)cc1. The van der Waals surface area contributed by atoms with Gasteiger partial charge in [0.25, 0.3) is 5.91 Å². The number of benzene rings is 2. The van der Waals surface area contributed by atoms with E-state index in [-0.39, 0.29) is 5.91 Å². The van der Waals surface area contributed by atoms with E-state index < -0.39 is 0 Å². The summed E-state index contributed by atoms with van der Waals surface area (Å²) in [7, 11) is 0. The lowest BCUT2D eigenvalue weighted by molar-refractivity contribution is 0.0956. The molecule has 0 aromatic heterocycles. The Kier molecular flexibility index (Phi) is 8.06. The van der Waals surface area contributed by atoms with Crippen molar-refractivity contribution in [2.75, 3.05) is 25.4 Å². The van der Waals surface area contributed by atoms with E-state index in [1.165, 1.54) is 43.5 Å². The Bertz CT molecular complexity index is 712. The Morgan fingerprint density at radius 3 is 2.33 bits per heavy atom. The Balaban J connectivity index is 1.35. The van der Waals surface area contributed by atoms with Crippen LogP contribution in [0.4, 0.5) is 0 Å². The molecule has 0 spiro atoms. The smallest absolute Gasteiger partial charge is 0.251 e. The predicted molar refractivity (Wildman–Crippen MR) is 116 cm³/mol. The van der Waals surface area contributed by atoms with Gasteiger partial charge in [-0.15, -0.1) is 0 Å². The van der Waals surface area contributed by atoms with Crippen molar-refractivity contribution in [3.63, 3.8) is 0 Å². The fourth-order valence-electron chi connectivity index (χ4n) is 3.25. The van der Waals surface area contributed by atoms with Crippen molar-refractivity contribution in [3.05, 3.63) is 70.2 Å². The largest absolute Gasteiger partial charge is 0.351 e. The number of hydrogen-bond donors (Lipinski definition) is 1. The van der Waals surface area contributed by atoms with E-state index in [0.29, 0.717) is 6.54 Å². The average molecular weight is 403 g/mol. The molecule has 27 heavy (non-hydrogen) atoms.